The first-order valence-corrected chi connectivity index (χ1v) is 4.75. The molecule has 0 aromatic carbocycles. The number of carbonyl (C=O) groups is 1. The topological polar surface area (TPSA) is 44.1 Å². The fourth-order valence-corrected chi connectivity index (χ4v) is 1.42. The number of halogens is 1. The number of imidazole rings is 1. The van der Waals surface area contributed by atoms with E-state index in [1.165, 1.54) is 7.11 Å². The minimum atomic E-state index is -0.787. The summed E-state index contributed by atoms with van der Waals surface area (Å²) in [5.74, 6) is -0.464. The lowest BCUT2D eigenvalue weighted by Crippen LogP contribution is -2.14. The number of ether oxygens (including phenoxy) is 1. The minimum absolute atomic E-state index is 0.221. The first-order chi connectivity index (χ1) is 6.57. The van der Waals surface area contributed by atoms with Crippen molar-refractivity contribution in [2.75, 3.05) is 7.11 Å². The van der Waals surface area contributed by atoms with Gasteiger partial charge in [-0.3, -0.25) is 4.79 Å². The molecule has 78 valence electrons. The first kappa shape index (κ1) is 11.0. The molecule has 0 bridgehead atoms. The van der Waals surface area contributed by atoms with E-state index in [-0.39, 0.29) is 6.04 Å². The van der Waals surface area contributed by atoms with Crippen LogP contribution in [0.3, 0.4) is 0 Å². The van der Waals surface area contributed by atoms with Crippen molar-refractivity contribution in [3.63, 3.8) is 0 Å². The van der Waals surface area contributed by atoms with Crippen molar-refractivity contribution in [3.05, 3.63) is 18.2 Å². The average molecular weight is 217 g/mol. The Morgan fingerprint density at radius 2 is 2.29 bits per heavy atom. The van der Waals surface area contributed by atoms with Gasteiger partial charge in [0.2, 0.25) is 0 Å². The van der Waals surface area contributed by atoms with Crippen molar-refractivity contribution in [2.24, 2.45) is 0 Å². The van der Waals surface area contributed by atoms with Gasteiger partial charge in [-0.15, -0.1) is 11.6 Å². The highest BCUT2D eigenvalue weighted by Gasteiger charge is 2.22. The van der Waals surface area contributed by atoms with E-state index in [2.05, 4.69) is 9.72 Å². The summed E-state index contributed by atoms with van der Waals surface area (Å²) in [6.07, 6.45) is 3.23. The molecule has 1 aromatic rings. The molecule has 14 heavy (non-hydrogen) atoms. The molecule has 1 atom stereocenters. The summed E-state index contributed by atoms with van der Waals surface area (Å²) in [7, 11) is 1.31. The Labute approximate surface area is 87.8 Å². The molecule has 0 radical (unpaired) electrons. The van der Waals surface area contributed by atoms with Gasteiger partial charge in [0.25, 0.3) is 0 Å². The van der Waals surface area contributed by atoms with Crippen LogP contribution in [0.4, 0.5) is 0 Å². The lowest BCUT2D eigenvalue weighted by atomic mass is 10.3. The van der Waals surface area contributed by atoms with Gasteiger partial charge in [-0.2, -0.15) is 0 Å². The van der Waals surface area contributed by atoms with Gasteiger partial charge in [-0.1, -0.05) is 0 Å². The van der Waals surface area contributed by atoms with Gasteiger partial charge in [-0.05, 0) is 13.8 Å². The molecule has 0 aliphatic carbocycles. The molecule has 0 N–H and O–H groups in total. The Morgan fingerprint density at radius 3 is 2.79 bits per heavy atom. The van der Waals surface area contributed by atoms with Crippen LogP contribution in [0.5, 0.6) is 0 Å². The summed E-state index contributed by atoms with van der Waals surface area (Å²) in [4.78, 5) is 15.1. The molecule has 1 heterocycles. The van der Waals surface area contributed by atoms with Crippen molar-refractivity contribution < 1.29 is 9.53 Å². The summed E-state index contributed by atoms with van der Waals surface area (Å²) < 4.78 is 6.40. The van der Waals surface area contributed by atoms with E-state index < -0.39 is 11.3 Å². The van der Waals surface area contributed by atoms with E-state index in [1.807, 2.05) is 18.4 Å². The van der Waals surface area contributed by atoms with Crippen LogP contribution in [0.15, 0.2) is 12.5 Å². The van der Waals surface area contributed by atoms with E-state index in [1.54, 1.807) is 12.5 Å². The molecule has 0 fully saturated rings. The quantitative estimate of drug-likeness (QED) is 0.573. The molecule has 0 aliphatic heterocycles. The molecule has 4 nitrogen and oxygen atoms in total. The standard InChI is InChI=1S/C9H13ClN2O2/c1-6(2)12-5-11-4-7(12)8(10)9(13)14-3/h4-6,8H,1-3H3. The highest BCUT2D eigenvalue weighted by Crippen LogP contribution is 2.23. The number of esters is 1. The summed E-state index contributed by atoms with van der Waals surface area (Å²) in [6.45, 7) is 3.98. The Morgan fingerprint density at radius 1 is 1.64 bits per heavy atom. The fourth-order valence-electron chi connectivity index (χ4n) is 1.17. The van der Waals surface area contributed by atoms with Crippen LogP contribution in [-0.4, -0.2) is 22.6 Å². The lowest BCUT2D eigenvalue weighted by molar-refractivity contribution is -0.140. The summed E-state index contributed by atoms with van der Waals surface area (Å²) in [5, 5.41) is -0.787. The predicted octanol–water partition coefficient (Wildman–Crippen LogP) is 1.92. The largest absolute Gasteiger partial charge is 0.468 e. The highest BCUT2D eigenvalue weighted by atomic mass is 35.5. The molecule has 1 unspecified atom stereocenters. The zero-order valence-electron chi connectivity index (χ0n) is 8.40. The third kappa shape index (κ3) is 2.07. The van der Waals surface area contributed by atoms with Gasteiger partial charge in [0, 0.05) is 6.04 Å². The van der Waals surface area contributed by atoms with Gasteiger partial charge in [0.05, 0.1) is 25.3 Å². The maximum atomic E-state index is 11.2. The molecule has 1 rings (SSSR count). The van der Waals surface area contributed by atoms with Gasteiger partial charge >= 0.3 is 5.97 Å². The van der Waals surface area contributed by atoms with E-state index >= 15 is 0 Å². The summed E-state index contributed by atoms with van der Waals surface area (Å²) in [6, 6.07) is 0.221. The molecular weight excluding hydrogens is 204 g/mol. The van der Waals surface area contributed by atoms with Gasteiger partial charge in [0.15, 0.2) is 5.38 Å². The predicted molar refractivity (Wildman–Crippen MR) is 53.2 cm³/mol. The van der Waals surface area contributed by atoms with Crippen molar-refractivity contribution >= 4 is 17.6 Å². The lowest BCUT2D eigenvalue weighted by Gasteiger charge is -2.14. The fraction of sp³-hybridized carbons (Fsp3) is 0.556. The molecule has 0 amide bonds. The third-order valence-electron chi connectivity index (χ3n) is 1.92. The van der Waals surface area contributed by atoms with Crippen molar-refractivity contribution in [2.45, 2.75) is 25.3 Å². The molecule has 1 aromatic heterocycles. The minimum Gasteiger partial charge on any atom is -0.468 e. The highest BCUT2D eigenvalue weighted by molar-refractivity contribution is 6.29. The Balaban J connectivity index is 2.94. The van der Waals surface area contributed by atoms with Crippen LogP contribution in [-0.2, 0) is 9.53 Å². The number of carbonyl (C=O) groups excluding carboxylic acids is 1. The number of nitrogens with zero attached hydrogens (tertiary/aromatic N) is 2. The van der Waals surface area contributed by atoms with Gasteiger partial charge in [-0.25, -0.2) is 4.98 Å². The number of alkyl halides is 1. The third-order valence-corrected chi connectivity index (χ3v) is 2.32. The van der Waals surface area contributed by atoms with E-state index in [0.717, 1.165) is 0 Å². The number of methoxy groups -OCH3 is 1. The zero-order valence-corrected chi connectivity index (χ0v) is 9.15. The average Bonchev–Trinajstić information content (AvgIpc) is 2.63. The van der Waals surface area contributed by atoms with Crippen LogP contribution in [0, 0.1) is 0 Å². The van der Waals surface area contributed by atoms with Crippen molar-refractivity contribution in [1.29, 1.82) is 0 Å². The van der Waals surface area contributed by atoms with E-state index in [9.17, 15) is 4.79 Å². The smallest absolute Gasteiger partial charge is 0.329 e. The first-order valence-electron chi connectivity index (χ1n) is 4.31. The van der Waals surface area contributed by atoms with Crippen molar-refractivity contribution in [3.8, 4) is 0 Å². The van der Waals surface area contributed by atoms with Crippen LogP contribution in [0.1, 0.15) is 31.0 Å². The molecule has 0 spiro atoms. The second-order valence-electron chi connectivity index (χ2n) is 3.21. The molecule has 5 heteroatoms. The van der Waals surface area contributed by atoms with Gasteiger partial charge < -0.3 is 9.30 Å². The molecule has 0 saturated heterocycles. The summed E-state index contributed by atoms with van der Waals surface area (Å²) >= 11 is 5.91. The van der Waals surface area contributed by atoms with Gasteiger partial charge in [0.1, 0.15) is 0 Å². The Hall–Kier alpha value is -1.03. The zero-order chi connectivity index (χ0) is 10.7. The normalized spacial score (nSPS) is 12.9. The SMILES string of the molecule is COC(=O)C(Cl)c1cncn1C(C)C. The second kappa shape index (κ2) is 4.46. The number of hydrogen-bond donors (Lipinski definition) is 0. The van der Waals surface area contributed by atoms with Crippen molar-refractivity contribution in [1.82, 2.24) is 9.55 Å². The molecule has 0 saturated carbocycles. The number of hydrogen-bond acceptors (Lipinski definition) is 3. The van der Waals surface area contributed by atoms with Crippen LogP contribution < -0.4 is 0 Å². The van der Waals surface area contributed by atoms with Crippen LogP contribution >= 0.6 is 11.6 Å². The number of rotatable bonds is 3. The molecular formula is C9H13ClN2O2. The van der Waals surface area contributed by atoms with Crippen LogP contribution in [0.25, 0.3) is 0 Å². The Bertz CT molecular complexity index is 322. The Kier molecular flexibility index (Phi) is 3.52. The second-order valence-corrected chi connectivity index (χ2v) is 3.64. The molecule has 0 aliphatic rings. The monoisotopic (exact) mass is 216 g/mol. The van der Waals surface area contributed by atoms with Crippen LogP contribution in [0.2, 0.25) is 0 Å². The maximum absolute atomic E-state index is 11.2. The summed E-state index contributed by atoms with van der Waals surface area (Å²) in [5.41, 5.74) is 0.661. The van der Waals surface area contributed by atoms with E-state index in [4.69, 9.17) is 11.6 Å². The maximum Gasteiger partial charge on any atom is 0.329 e. The number of aromatic nitrogens is 2. The van der Waals surface area contributed by atoms with E-state index in [0.29, 0.717) is 5.69 Å².